The number of hydrogen-bond donors (Lipinski definition) is 2. The van der Waals surface area contributed by atoms with Crippen LogP contribution in [0, 0.1) is 17.7 Å². The van der Waals surface area contributed by atoms with Crippen LogP contribution in [-0.2, 0) is 0 Å². The van der Waals surface area contributed by atoms with Crippen molar-refractivity contribution < 1.29 is 18.8 Å². The van der Waals surface area contributed by atoms with Crippen LogP contribution in [0.1, 0.15) is 16.1 Å². The number of nitrogens with zero attached hydrogens (tertiary/aromatic N) is 1. The van der Waals surface area contributed by atoms with Gasteiger partial charge >= 0.3 is 0 Å². The Morgan fingerprint density at radius 1 is 1.47 bits per heavy atom. The lowest BCUT2D eigenvalue weighted by Gasteiger charge is -2.04. The smallest absolute Gasteiger partial charge is 0.277 e. The number of nitrogens with one attached hydrogen (secondary N) is 1. The quantitative estimate of drug-likeness (QED) is 0.800. The van der Waals surface area contributed by atoms with E-state index in [1.807, 2.05) is 0 Å². The zero-order valence-electron chi connectivity index (χ0n) is 9.68. The summed E-state index contributed by atoms with van der Waals surface area (Å²) in [4.78, 5) is 11.6. The summed E-state index contributed by atoms with van der Waals surface area (Å²) in [6, 6.07) is 5.45. The van der Waals surface area contributed by atoms with E-state index in [4.69, 9.17) is 5.11 Å². The molecule has 2 rings (SSSR count). The Morgan fingerprint density at radius 3 is 2.95 bits per heavy atom. The highest BCUT2D eigenvalue weighted by Gasteiger charge is 2.11. The molecule has 0 unspecified atom stereocenters. The van der Waals surface area contributed by atoms with Crippen LogP contribution in [0.15, 0.2) is 35.1 Å². The zero-order chi connectivity index (χ0) is 13.7. The molecule has 1 aromatic carbocycles. The molecule has 1 amide bonds. The van der Waals surface area contributed by atoms with E-state index < -0.39 is 11.7 Å². The van der Waals surface area contributed by atoms with Gasteiger partial charge in [0.25, 0.3) is 5.91 Å². The second-order valence-corrected chi connectivity index (χ2v) is 3.49. The third-order valence-corrected chi connectivity index (χ3v) is 2.20. The zero-order valence-corrected chi connectivity index (χ0v) is 9.68. The number of aliphatic hydroxyl groups is 1. The van der Waals surface area contributed by atoms with Gasteiger partial charge in [-0.15, -0.1) is 0 Å². The molecule has 0 aliphatic heterocycles. The lowest BCUT2D eigenvalue weighted by Crippen LogP contribution is -2.13. The number of benzene rings is 1. The highest BCUT2D eigenvalue weighted by Crippen LogP contribution is 2.16. The molecule has 0 fully saturated rings. The summed E-state index contributed by atoms with van der Waals surface area (Å²) >= 11 is 0. The molecule has 0 saturated heterocycles. The van der Waals surface area contributed by atoms with Gasteiger partial charge in [-0.05, 0) is 18.2 Å². The van der Waals surface area contributed by atoms with Gasteiger partial charge in [0.05, 0.1) is 5.69 Å². The summed E-state index contributed by atoms with van der Waals surface area (Å²) in [7, 11) is 0. The van der Waals surface area contributed by atoms with Crippen molar-refractivity contribution in [3.63, 3.8) is 0 Å². The van der Waals surface area contributed by atoms with E-state index in [0.29, 0.717) is 5.56 Å². The Hall–Kier alpha value is -2.65. The average Bonchev–Trinajstić information content (AvgIpc) is 2.93. The fourth-order valence-corrected chi connectivity index (χ4v) is 1.35. The van der Waals surface area contributed by atoms with E-state index >= 15 is 0 Å². The molecular weight excluding hydrogens is 251 g/mol. The van der Waals surface area contributed by atoms with Crippen molar-refractivity contribution in [3.05, 3.63) is 47.6 Å². The molecule has 0 atom stereocenters. The first-order valence-electron chi connectivity index (χ1n) is 5.31. The molecule has 5 nitrogen and oxygen atoms in total. The highest BCUT2D eigenvalue weighted by molar-refractivity contribution is 6.02. The minimum atomic E-state index is -0.624. The molecular formula is C13H9FN2O3. The number of hydrogen-bond acceptors (Lipinski definition) is 4. The standard InChI is InChI=1S/C13H9FN2O3/c14-10-8-9(2-1-6-17)3-4-11(10)15-13(18)12-5-7-19-16-12/h3-5,7-8,17H,6H2,(H,15,18). The number of carbonyl (C=O) groups is 1. The Bertz CT molecular complexity index is 642. The third-order valence-electron chi connectivity index (χ3n) is 2.20. The Labute approximate surface area is 108 Å². The SMILES string of the molecule is O=C(Nc1ccc(C#CCO)cc1F)c1ccon1. The first kappa shape index (κ1) is 12.8. The van der Waals surface area contributed by atoms with Crippen LogP contribution in [-0.4, -0.2) is 22.8 Å². The van der Waals surface area contributed by atoms with Gasteiger partial charge in [-0.3, -0.25) is 4.79 Å². The fourth-order valence-electron chi connectivity index (χ4n) is 1.35. The van der Waals surface area contributed by atoms with E-state index in [1.54, 1.807) is 0 Å². The number of amides is 1. The normalized spacial score (nSPS) is 9.58. The minimum Gasteiger partial charge on any atom is -0.384 e. The minimum absolute atomic E-state index is 0.0162. The molecule has 0 aliphatic rings. The molecule has 1 heterocycles. The second-order valence-electron chi connectivity index (χ2n) is 3.49. The summed E-state index contributed by atoms with van der Waals surface area (Å²) < 4.78 is 18.2. The van der Waals surface area contributed by atoms with Gasteiger partial charge in [-0.2, -0.15) is 0 Å². The number of halogens is 1. The molecule has 0 spiro atoms. The van der Waals surface area contributed by atoms with Gasteiger partial charge < -0.3 is 14.9 Å². The van der Waals surface area contributed by atoms with Gasteiger partial charge in [0.15, 0.2) is 5.69 Å². The Kier molecular flexibility index (Phi) is 3.90. The molecule has 0 bridgehead atoms. The van der Waals surface area contributed by atoms with Crippen molar-refractivity contribution in [2.75, 3.05) is 11.9 Å². The molecule has 0 saturated carbocycles. The molecule has 2 N–H and O–H groups in total. The number of carbonyl (C=O) groups excluding carboxylic acids is 1. The monoisotopic (exact) mass is 260 g/mol. The largest absolute Gasteiger partial charge is 0.384 e. The third kappa shape index (κ3) is 3.18. The van der Waals surface area contributed by atoms with Crippen LogP contribution in [0.2, 0.25) is 0 Å². The summed E-state index contributed by atoms with van der Waals surface area (Å²) in [5, 5.41) is 14.3. The predicted molar refractivity (Wildman–Crippen MR) is 64.8 cm³/mol. The molecule has 1 aromatic heterocycles. The van der Waals surface area contributed by atoms with Gasteiger partial charge in [0.1, 0.15) is 18.7 Å². The second kappa shape index (κ2) is 5.80. The van der Waals surface area contributed by atoms with Crippen molar-refractivity contribution >= 4 is 11.6 Å². The lowest BCUT2D eigenvalue weighted by molar-refractivity contribution is 0.101. The van der Waals surface area contributed by atoms with Gasteiger partial charge in [0, 0.05) is 11.6 Å². The van der Waals surface area contributed by atoms with Crippen molar-refractivity contribution in [1.29, 1.82) is 0 Å². The Morgan fingerprint density at radius 2 is 2.32 bits per heavy atom. The van der Waals surface area contributed by atoms with Crippen molar-refractivity contribution in [2.24, 2.45) is 0 Å². The van der Waals surface area contributed by atoms with Crippen LogP contribution in [0.4, 0.5) is 10.1 Å². The number of anilines is 1. The molecule has 0 radical (unpaired) electrons. The van der Waals surface area contributed by atoms with Crippen LogP contribution in [0.5, 0.6) is 0 Å². The topological polar surface area (TPSA) is 75.4 Å². The van der Waals surface area contributed by atoms with Crippen LogP contribution in [0.25, 0.3) is 0 Å². The van der Waals surface area contributed by atoms with Gasteiger partial charge in [-0.1, -0.05) is 17.0 Å². The molecule has 0 aliphatic carbocycles. The highest BCUT2D eigenvalue weighted by atomic mass is 19.1. The lowest BCUT2D eigenvalue weighted by atomic mass is 10.2. The number of rotatable bonds is 2. The number of aromatic nitrogens is 1. The van der Waals surface area contributed by atoms with E-state index in [2.05, 4.69) is 26.8 Å². The summed E-state index contributed by atoms with van der Waals surface area (Å²) in [5.74, 6) is 3.78. The fraction of sp³-hybridized carbons (Fsp3) is 0.0769. The first-order chi connectivity index (χ1) is 9.20. The maximum atomic E-state index is 13.7. The maximum Gasteiger partial charge on any atom is 0.277 e. The van der Waals surface area contributed by atoms with E-state index in [9.17, 15) is 9.18 Å². The summed E-state index contributed by atoms with van der Waals surface area (Å²) in [6.07, 6.45) is 1.25. The molecule has 19 heavy (non-hydrogen) atoms. The molecule has 6 heteroatoms. The van der Waals surface area contributed by atoms with Crippen LogP contribution in [0.3, 0.4) is 0 Å². The van der Waals surface area contributed by atoms with Crippen molar-refractivity contribution in [2.45, 2.75) is 0 Å². The van der Waals surface area contributed by atoms with Crippen molar-refractivity contribution in [3.8, 4) is 11.8 Å². The molecule has 96 valence electrons. The van der Waals surface area contributed by atoms with Gasteiger partial charge in [-0.25, -0.2) is 4.39 Å². The van der Waals surface area contributed by atoms with Gasteiger partial charge in [0.2, 0.25) is 0 Å². The van der Waals surface area contributed by atoms with E-state index in [1.165, 1.54) is 30.5 Å². The molecule has 2 aromatic rings. The first-order valence-corrected chi connectivity index (χ1v) is 5.31. The average molecular weight is 260 g/mol. The van der Waals surface area contributed by atoms with E-state index in [-0.39, 0.29) is 18.0 Å². The summed E-state index contributed by atoms with van der Waals surface area (Å²) in [6.45, 7) is -0.299. The Balaban J connectivity index is 2.15. The number of aliphatic hydroxyl groups excluding tert-OH is 1. The maximum absolute atomic E-state index is 13.7. The van der Waals surface area contributed by atoms with Crippen molar-refractivity contribution in [1.82, 2.24) is 5.16 Å². The predicted octanol–water partition coefficient (Wildman–Crippen LogP) is 1.41. The van der Waals surface area contributed by atoms with Crippen LogP contribution < -0.4 is 5.32 Å². The van der Waals surface area contributed by atoms with Crippen LogP contribution >= 0.6 is 0 Å². The summed E-state index contributed by atoms with van der Waals surface area (Å²) in [5.41, 5.74) is 0.483. The van der Waals surface area contributed by atoms with E-state index in [0.717, 1.165) is 0 Å².